The fraction of sp³-hybridized carbons (Fsp3) is 0.467. The smallest absolute Gasteiger partial charge is 0.141 e. The Morgan fingerprint density at radius 3 is 3.21 bits per heavy atom. The molecule has 0 bridgehead atoms. The molecule has 1 fully saturated rings. The van der Waals surface area contributed by atoms with E-state index in [2.05, 4.69) is 39.0 Å². The van der Waals surface area contributed by atoms with E-state index in [0.29, 0.717) is 5.92 Å². The van der Waals surface area contributed by atoms with E-state index in [0.717, 1.165) is 29.2 Å². The third kappa shape index (κ3) is 1.70. The molecule has 0 saturated carbocycles. The molecule has 0 amide bonds. The van der Waals surface area contributed by atoms with Crippen molar-refractivity contribution in [1.29, 1.82) is 0 Å². The highest BCUT2D eigenvalue weighted by Gasteiger charge is 2.36. The molecule has 2 aliphatic rings. The Morgan fingerprint density at radius 1 is 1.32 bits per heavy atom. The molecule has 2 atom stereocenters. The summed E-state index contributed by atoms with van der Waals surface area (Å²) in [7, 11) is 2.22. The molecule has 1 N–H and O–H groups in total. The summed E-state index contributed by atoms with van der Waals surface area (Å²) in [6.07, 6.45) is 8.52. The molecule has 2 unspecified atom stereocenters. The zero-order valence-corrected chi connectivity index (χ0v) is 11.1. The molecule has 4 heteroatoms. The number of hydrogen-bond acceptors (Lipinski definition) is 3. The molecular formula is C15H18N4. The van der Waals surface area contributed by atoms with Gasteiger partial charge in [-0.15, -0.1) is 0 Å². The standard InChI is InChI=1S/C15H18N4/c1-19-7-10-3-2-4-11(13(10)8-19)14-12-5-6-16-15(12)18-9-17-14/h4-6,9-10,13H,2-3,7-8H2,1H3,(H,16,17,18). The Hall–Kier alpha value is -1.68. The molecule has 1 aliphatic carbocycles. The van der Waals surface area contributed by atoms with Crippen LogP contribution in [0, 0.1) is 11.8 Å². The van der Waals surface area contributed by atoms with E-state index in [9.17, 15) is 0 Å². The molecule has 1 aliphatic heterocycles. The average Bonchev–Trinajstić information content (AvgIpc) is 3.02. The fourth-order valence-electron chi connectivity index (χ4n) is 3.71. The highest BCUT2D eigenvalue weighted by atomic mass is 15.1. The molecule has 2 aromatic heterocycles. The molecule has 2 aromatic rings. The number of allylic oxidation sites excluding steroid dienone is 1. The van der Waals surface area contributed by atoms with Crippen LogP contribution in [0.1, 0.15) is 18.5 Å². The van der Waals surface area contributed by atoms with Crippen LogP contribution < -0.4 is 0 Å². The molecule has 4 nitrogen and oxygen atoms in total. The van der Waals surface area contributed by atoms with Crippen LogP contribution in [0.2, 0.25) is 0 Å². The van der Waals surface area contributed by atoms with Crippen molar-refractivity contribution in [2.45, 2.75) is 12.8 Å². The number of nitrogens with one attached hydrogen (secondary N) is 1. The summed E-state index contributed by atoms with van der Waals surface area (Å²) < 4.78 is 0. The Labute approximate surface area is 112 Å². The summed E-state index contributed by atoms with van der Waals surface area (Å²) in [5.41, 5.74) is 3.52. The highest BCUT2D eigenvalue weighted by Crippen LogP contribution is 2.41. The first kappa shape index (κ1) is 11.2. The van der Waals surface area contributed by atoms with E-state index >= 15 is 0 Å². The molecule has 0 aromatic carbocycles. The maximum Gasteiger partial charge on any atom is 0.141 e. The summed E-state index contributed by atoms with van der Waals surface area (Å²) >= 11 is 0. The first-order valence-corrected chi connectivity index (χ1v) is 7.00. The first-order chi connectivity index (χ1) is 9.33. The van der Waals surface area contributed by atoms with Crippen molar-refractivity contribution in [3.63, 3.8) is 0 Å². The van der Waals surface area contributed by atoms with Crippen LogP contribution in [-0.4, -0.2) is 40.0 Å². The second-order valence-electron chi connectivity index (χ2n) is 5.79. The largest absolute Gasteiger partial charge is 0.346 e. The number of hydrogen-bond donors (Lipinski definition) is 1. The SMILES string of the molecule is CN1CC2CCC=C(c3ncnc4[nH]ccc34)C2C1. The molecule has 0 spiro atoms. The highest BCUT2D eigenvalue weighted by molar-refractivity contribution is 5.88. The topological polar surface area (TPSA) is 44.8 Å². The predicted octanol–water partition coefficient (Wildman–Crippen LogP) is 2.31. The Kier molecular flexibility index (Phi) is 2.45. The third-order valence-electron chi connectivity index (χ3n) is 4.55. The molecule has 19 heavy (non-hydrogen) atoms. The van der Waals surface area contributed by atoms with E-state index in [-0.39, 0.29) is 0 Å². The van der Waals surface area contributed by atoms with Crippen LogP contribution in [-0.2, 0) is 0 Å². The summed E-state index contributed by atoms with van der Waals surface area (Å²) in [5, 5.41) is 1.16. The van der Waals surface area contributed by atoms with Gasteiger partial charge in [0.05, 0.1) is 5.69 Å². The van der Waals surface area contributed by atoms with Gasteiger partial charge in [-0.25, -0.2) is 9.97 Å². The lowest BCUT2D eigenvalue weighted by Crippen LogP contribution is -2.18. The van der Waals surface area contributed by atoms with Crippen molar-refractivity contribution in [3.8, 4) is 0 Å². The summed E-state index contributed by atoms with van der Waals surface area (Å²) in [4.78, 5) is 14.5. The van der Waals surface area contributed by atoms with Crippen LogP contribution in [0.15, 0.2) is 24.7 Å². The summed E-state index contributed by atoms with van der Waals surface area (Å²) in [6, 6.07) is 2.09. The van der Waals surface area contributed by atoms with Gasteiger partial charge in [0.25, 0.3) is 0 Å². The fourth-order valence-corrected chi connectivity index (χ4v) is 3.71. The number of fused-ring (bicyclic) bond motifs is 2. The second kappa shape index (κ2) is 4.17. The Balaban J connectivity index is 1.83. The maximum atomic E-state index is 4.57. The molecule has 0 radical (unpaired) electrons. The normalized spacial score (nSPS) is 27.5. The molecular weight excluding hydrogens is 236 g/mol. The van der Waals surface area contributed by atoms with Gasteiger partial charge in [0.2, 0.25) is 0 Å². The minimum atomic E-state index is 0.645. The van der Waals surface area contributed by atoms with Crippen molar-refractivity contribution >= 4 is 16.6 Å². The van der Waals surface area contributed by atoms with Crippen LogP contribution in [0.5, 0.6) is 0 Å². The van der Waals surface area contributed by atoms with Gasteiger partial charge in [0.15, 0.2) is 0 Å². The maximum absolute atomic E-state index is 4.57. The van der Waals surface area contributed by atoms with Gasteiger partial charge >= 0.3 is 0 Å². The number of aromatic nitrogens is 3. The van der Waals surface area contributed by atoms with Gasteiger partial charge in [-0.2, -0.15) is 0 Å². The van der Waals surface area contributed by atoms with Gasteiger partial charge in [0, 0.05) is 30.6 Å². The number of aromatic amines is 1. The van der Waals surface area contributed by atoms with Crippen LogP contribution in [0.4, 0.5) is 0 Å². The molecule has 98 valence electrons. The molecule has 4 rings (SSSR count). The number of H-pyrrole nitrogens is 1. The summed E-state index contributed by atoms with van der Waals surface area (Å²) in [5.74, 6) is 1.45. The number of likely N-dealkylation sites (tertiary alicyclic amines) is 1. The summed E-state index contributed by atoms with van der Waals surface area (Å²) in [6.45, 7) is 2.38. The van der Waals surface area contributed by atoms with Crippen molar-refractivity contribution in [1.82, 2.24) is 19.9 Å². The van der Waals surface area contributed by atoms with Gasteiger partial charge in [-0.3, -0.25) is 0 Å². The first-order valence-electron chi connectivity index (χ1n) is 7.00. The zero-order chi connectivity index (χ0) is 12.8. The van der Waals surface area contributed by atoms with Gasteiger partial charge < -0.3 is 9.88 Å². The van der Waals surface area contributed by atoms with Gasteiger partial charge in [0.1, 0.15) is 12.0 Å². The Morgan fingerprint density at radius 2 is 2.26 bits per heavy atom. The Bertz CT molecular complexity index is 642. The van der Waals surface area contributed by atoms with Crippen molar-refractivity contribution < 1.29 is 0 Å². The average molecular weight is 254 g/mol. The van der Waals surface area contributed by atoms with Crippen LogP contribution >= 0.6 is 0 Å². The number of nitrogens with zero attached hydrogens (tertiary/aromatic N) is 3. The second-order valence-corrected chi connectivity index (χ2v) is 5.79. The lowest BCUT2D eigenvalue weighted by atomic mass is 9.79. The number of rotatable bonds is 1. The minimum absolute atomic E-state index is 0.645. The van der Waals surface area contributed by atoms with E-state index in [1.165, 1.54) is 25.0 Å². The van der Waals surface area contributed by atoms with Crippen LogP contribution in [0.3, 0.4) is 0 Å². The lowest BCUT2D eigenvalue weighted by molar-refractivity contribution is 0.388. The minimum Gasteiger partial charge on any atom is -0.346 e. The van der Waals surface area contributed by atoms with E-state index < -0.39 is 0 Å². The van der Waals surface area contributed by atoms with E-state index in [1.807, 2.05) is 6.20 Å². The van der Waals surface area contributed by atoms with Crippen molar-refractivity contribution in [2.75, 3.05) is 20.1 Å². The predicted molar refractivity (Wildman–Crippen MR) is 75.6 cm³/mol. The van der Waals surface area contributed by atoms with E-state index in [4.69, 9.17) is 0 Å². The zero-order valence-electron chi connectivity index (χ0n) is 11.1. The van der Waals surface area contributed by atoms with Crippen LogP contribution in [0.25, 0.3) is 16.6 Å². The van der Waals surface area contributed by atoms with Gasteiger partial charge in [-0.05, 0) is 37.4 Å². The quantitative estimate of drug-likeness (QED) is 0.849. The monoisotopic (exact) mass is 254 g/mol. The van der Waals surface area contributed by atoms with Gasteiger partial charge in [-0.1, -0.05) is 6.08 Å². The van der Waals surface area contributed by atoms with Crippen molar-refractivity contribution in [2.24, 2.45) is 11.8 Å². The molecule has 3 heterocycles. The third-order valence-corrected chi connectivity index (χ3v) is 4.55. The van der Waals surface area contributed by atoms with E-state index in [1.54, 1.807) is 6.33 Å². The van der Waals surface area contributed by atoms with Crippen molar-refractivity contribution in [3.05, 3.63) is 30.4 Å². The molecule has 1 saturated heterocycles. The lowest BCUT2D eigenvalue weighted by Gasteiger charge is -2.25.